The summed E-state index contributed by atoms with van der Waals surface area (Å²) in [4.78, 5) is 35.0. The summed E-state index contributed by atoms with van der Waals surface area (Å²) >= 11 is 5.73. The SMILES string of the molecule is CC(C)(C(=O)c1ccccc1)c1c(Cl)c(=O)c1=O. The maximum atomic E-state index is 12.3. The molecule has 2 aromatic rings. The molecule has 0 aliphatic rings. The van der Waals surface area contributed by atoms with Crippen molar-refractivity contribution in [2.75, 3.05) is 0 Å². The van der Waals surface area contributed by atoms with E-state index < -0.39 is 16.3 Å². The van der Waals surface area contributed by atoms with Gasteiger partial charge in [0.15, 0.2) is 5.78 Å². The highest BCUT2D eigenvalue weighted by atomic mass is 35.5. The van der Waals surface area contributed by atoms with E-state index >= 15 is 0 Å². The van der Waals surface area contributed by atoms with Crippen LogP contribution in [-0.4, -0.2) is 5.78 Å². The van der Waals surface area contributed by atoms with Crippen molar-refractivity contribution in [1.82, 2.24) is 0 Å². The first kappa shape index (κ1) is 12.7. The Morgan fingerprint density at radius 1 is 1.06 bits per heavy atom. The molecule has 0 saturated carbocycles. The molecule has 0 radical (unpaired) electrons. The number of Topliss-reactive ketones (excluding diaryl/α,β-unsaturated/α-hetero) is 1. The van der Waals surface area contributed by atoms with Crippen molar-refractivity contribution in [3.05, 3.63) is 66.9 Å². The number of hydrogen-bond acceptors (Lipinski definition) is 3. The number of carbonyl (C=O) groups excluding carboxylic acids is 1. The average molecular weight is 263 g/mol. The van der Waals surface area contributed by atoms with Crippen molar-refractivity contribution < 1.29 is 4.79 Å². The summed E-state index contributed by atoms with van der Waals surface area (Å²) < 4.78 is 0. The van der Waals surface area contributed by atoms with Crippen LogP contribution in [0.5, 0.6) is 0 Å². The normalized spacial score (nSPS) is 11.7. The topological polar surface area (TPSA) is 51.2 Å². The molecule has 0 amide bonds. The van der Waals surface area contributed by atoms with Gasteiger partial charge in [-0.05, 0) is 13.8 Å². The van der Waals surface area contributed by atoms with E-state index in [2.05, 4.69) is 0 Å². The van der Waals surface area contributed by atoms with Gasteiger partial charge in [-0.3, -0.25) is 14.4 Å². The number of rotatable bonds is 3. The molecule has 0 aromatic heterocycles. The van der Waals surface area contributed by atoms with E-state index in [0.717, 1.165) is 0 Å². The van der Waals surface area contributed by atoms with Gasteiger partial charge in [0.2, 0.25) is 10.9 Å². The minimum absolute atomic E-state index is 0.114. The van der Waals surface area contributed by atoms with E-state index in [1.54, 1.807) is 44.2 Å². The molecular formula is C14H11ClO3. The minimum atomic E-state index is -1.08. The lowest BCUT2D eigenvalue weighted by Gasteiger charge is -2.25. The maximum Gasteiger partial charge on any atom is 0.245 e. The molecule has 0 saturated heterocycles. The molecule has 0 bridgehead atoms. The van der Waals surface area contributed by atoms with E-state index in [1.807, 2.05) is 0 Å². The number of hydrogen-bond donors (Lipinski definition) is 0. The zero-order chi connectivity index (χ0) is 13.5. The third-order valence-electron chi connectivity index (χ3n) is 3.08. The smallest absolute Gasteiger partial charge is 0.245 e. The standard InChI is InChI=1S/C14H11ClO3/c1-14(2,9-10(15)12(17)11(9)16)13(18)8-6-4-3-5-7-8/h3-7H,1-2H3. The second-order valence-electron chi connectivity index (χ2n) is 4.67. The maximum absolute atomic E-state index is 12.3. The van der Waals surface area contributed by atoms with Gasteiger partial charge in [-0.15, -0.1) is 0 Å². The molecule has 0 N–H and O–H groups in total. The average Bonchev–Trinajstić information content (AvgIpc) is 2.38. The second kappa shape index (κ2) is 4.18. The number of halogens is 1. The lowest BCUT2D eigenvalue weighted by Crippen LogP contribution is -2.46. The van der Waals surface area contributed by atoms with Crippen LogP contribution in [0.1, 0.15) is 29.8 Å². The van der Waals surface area contributed by atoms with Crippen molar-refractivity contribution in [3.8, 4) is 0 Å². The molecule has 3 nitrogen and oxygen atoms in total. The second-order valence-corrected chi connectivity index (χ2v) is 5.05. The van der Waals surface area contributed by atoms with Crippen LogP contribution in [-0.2, 0) is 5.41 Å². The third kappa shape index (κ3) is 1.71. The Morgan fingerprint density at radius 3 is 2.11 bits per heavy atom. The van der Waals surface area contributed by atoms with Gasteiger partial charge >= 0.3 is 0 Å². The van der Waals surface area contributed by atoms with Crippen LogP contribution in [0.15, 0.2) is 39.9 Å². The van der Waals surface area contributed by atoms with E-state index in [-0.39, 0.29) is 16.4 Å². The summed E-state index contributed by atoms with van der Waals surface area (Å²) in [6, 6.07) is 8.63. The quantitative estimate of drug-likeness (QED) is 0.629. The summed E-state index contributed by atoms with van der Waals surface area (Å²) in [5.74, 6) is -0.225. The van der Waals surface area contributed by atoms with Crippen molar-refractivity contribution in [3.63, 3.8) is 0 Å². The van der Waals surface area contributed by atoms with Crippen LogP contribution in [0, 0.1) is 0 Å². The van der Waals surface area contributed by atoms with Crippen LogP contribution in [0.25, 0.3) is 0 Å². The summed E-state index contributed by atoms with van der Waals surface area (Å²) in [6.07, 6.45) is 0. The van der Waals surface area contributed by atoms with E-state index in [0.29, 0.717) is 5.56 Å². The van der Waals surface area contributed by atoms with Gasteiger partial charge in [-0.25, -0.2) is 0 Å². The Bertz CT molecular complexity index is 677. The summed E-state index contributed by atoms with van der Waals surface area (Å²) in [6.45, 7) is 3.20. The molecule has 0 fully saturated rings. The fourth-order valence-corrected chi connectivity index (χ4v) is 2.39. The van der Waals surface area contributed by atoms with Crippen LogP contribution in [0.4, 0.5) is 0 Å². The van der Waals surface area contributed by atoms with Gasteiger partial charge in [0.25, 0.3) is 0 Å². The van der Waals surface area contributed by atoms with Gasteiger partial charge in [0, 0.05) is 11.1 Å². The van der Waals surface area contributed by atoms with Crippen LogP contribution in [0.2, 0.25) is 5.02 Å². The molecular weight excluding hydrogens is 252 g/mol. The highest BCUT2D eigenvalue weighted by Crippen LogP contribution is 2.29. The fourth-order valence-electron chi connectivity index (χ4n) is 1.99. The van der Waals surface area contributed by atoms with E-state index in [1.165, 1.54) is 0 Å². The predicted molar refractivity (Wildman–Crippen MR) is 70.2 cm³/mol. The Balaban J connectivity index is 2.48. The fraction of sp³-hybridized carbons (Fsp3) is 0.214. The number of benzene rings is 1. The number of ketones is 1. The molecule has 18 heavy (non-hydrogen) atoms. The minimum Gasteiger partial charge on any atom is -0.293 e. The Kier molecular flexibility index (Phi) is 2.95. The zero-order valence-electron chi connectivity index (χ0n) is 9.99. The van der Waals surface area contributed by atoms with Crippen LogP contribution in [0.3, 0.4) is 0 Å². The van der Waals surface area contributed by atoms with Crippen molar-refractivity contribution in [2.45, 2.75) is 19.3 Å². The first-order chi connectivity index (χ1) is 8.37. The van der Waals surface area contributed by atoms with Gasteiger partial charge in [-0.1, -0.05) is 41.9 Å². The first-order valence-corrected chi connectivity index (χ1v) is 5.84. The van der Waals surface area contributed by atoms with Crippen LogP contribution >= 0.6 is 11.6 Å². The molecule has 0 unspecified atom stereocenters. The van der Waals surface area contributed by atoms with E-state index in [9.17, 15) is 14.4 Å². The number of carbonyl (C=O) groups is 1. The molecule has 0 heterocycles. The van der Waals surface area contributed by atoms with Crippen molar-refractivity contribution >= 4 is 17.4 Å². The lowest BCUT2D eigenvalue weighted by atomic mass is 9.76. The predicted octanol–water partition coefficient (Wildman–Crippen LogP) is 2.10. The van der Waals surface area contributed by atoms with Gasteiger partial charge in [0.05, 0.1) is 5.41 Å². The summed E-state index contributed by atoms with van der Waals surface area (Å²) in [5.41, 5.74) is -1.84. The van der Waals surface area contributed by atoms with Gasteiger partial charge in [0.1, 0.15) is 5.02 Å². The first-order valence-electron chi connectivity index (χ1n) is 5.46. The molecule has 0 aliphatic heterocycles. The third-order valence-corrected chi connectivity index (χ3v) is 3.44. The highest BCUT2D eigenvalue weighted by molar-refractivity contribution is 6.32. The largest absolute Gasteiger partial charge is 0.293 e. The van der Waals surface area contributed by atoms with Gasteiger partial charge in [-0.2, -0.15) is 0 Å². The van der Waals surface area contributed by atoms with E-state index in [4.69, 9.17) is 11.6 Å². The van der Waals surface area contributed by atoms with Crippen molar-refractivity contribution in [2.24, 2.45) is 0 Å². The Labute approximate surface area is 109 Å². The molecule has 92 valence electrons. The highest BCUT2D eigenvalue weighted by Gasteiger charge is 2.39. The Morgan fingerprint density at radius 2 is 1.61 bits per heavy atom. The molecule has 0 atom stereocenters. The molecule has 0 aliphatic carbocycles. The molecule has 4 heteroatoms. The molecule has 2 aromatic carbocycles. The lowest BCUT2D eigenvalue weighted by molar-refractivity contribution is 0.0907. The van der Waals surface area contributed by atoms with Crippen molar-refractivity contribution in [1.29, 1.82) is 0 Å². The summed E-state index contributed by atoms with van der Waals surface area (Å²) in [7, 11) is 0. The molecule has 0 spiro atoms. The molecule has 2 rings (SSSR count). The Hall–Kier alpha value is -1.74. The summed E-state index contributed by atoms with van der Waals surface area (Å²) in [5, 5.41) is -0.116. The van der Waals surface area contributed by atoms with Crippen LogP contribution < -0.4 is 10.9 Å². The zero-order valence-corrected chi connectivity index (χ0v) is 10.7. The monoisotopic (exact) mass is 262 g/mol. The van der Waals surface area contributed by atoms with Gasteiger partial charge < -0.3 is 0 Å².